The Balaban J connectivity index is 1.49. The zero-order valence-electron chi connectivity index (χ0n) is 14.9. The first-order valence-corrected chi connectivity index (χ1v) is 9.14. The topological polar surface area (TPSA) is 102 Å². The van der Waals surface area contributed by atoms with Crippen LogP contribution in [0.3, 0.4) is 0 Å². The maximum atomic E-state index is 12.3. The molecular weight excluding hydrogens is 380 g/mol. The number of anilines is 1. The molecule has 0 radical (unpaired) electrons. The van der Waals surface area contributed by atoms with Gasteiger partial charge in [-0.2, -0.15) is 5.26 Å². The van der Waals surface area contributed by atoms with Gasteiger partial charge in [-0.15, -0.1) is 11.3 Å². The van der Waals surface area contributed by atoms with Crippen LogP contribution in [-0.2, 0) is 4.74 Å². The van der Waals surface area contributed by atoms with Crippen molar-refractivity contribution in [1.82, 2.24) is 0 Å². The number of thiophene rings is 1. The van der Waals surface area contributed by atoms with Gasteiger partial charge in [0.1, 0.15) is 23.8 Å². The third-order valence-electron chi connectivity index (χ3n) is 3.65. The van der Waals surface area contributed by atoms with Crippen LogP contribution in [0.15, 0.2) is 53.1 Å². The number of benzene rings is 1. The summed E-state index contributed by atoms with van der Waals surface area (Å²) in [5, 5.41) is 12.0. The molecule has 0 saturated carbocycles. The number of aryl methyl sites for hydroxylation is 1. The standard InChI is InChI=1S/C20H16N2O5S/c1-13-11-17(22-19(23)16-3-2-8-26-16)28-18(13)20(24)27-10-9-25-15-6-4-14(12-21)5-7-15/h2-8,11H,9-10H2,1H3,(H,22,23). The fourth-order valence-electron chi connectivity index (χ4n) is 2.31. The molecule has 8 heteroatoms. The molecule has 2 heterocycles. The molecule has 0 aliphatic heterocycles. The lowest BCUT2D eigenvalue weighted by Gasteiger charge is -2.07. The van der Waals surface area contributed by atoms with Crippen LogP contribution in [0.25, 0.3) is 0 Å². The van der Waals surface area contributed by atoms with Crippen LogP contribution in [0.4, 0.5) is 5.00 Å². The van der Waals surface area contributed by atoms with E-state index in [1.54, 1.807) is 49.4 Å². The van der Waals surface area contributed by atoms with Gasteiger partial charge in [-0.1, -0.05) is 0 Å². The second-order valence-corrected chi connectivity index (χ2v) is 6.73. The van der Waals surface area contributed by atoms with Crippen LogP contribution in [0.5, 0.6) is 5.75 Å². The Hall–Kier alpha value is -3.57. The van der Waals surface area contributed by atoms with E-state index in [2.05, 4.69) is 5.32 Å². The van der Waals surface area contributed by atoms with E-state index in [9.17, 15) is 9.59 Å². The van der Waals surface area contributed by atoms with Gasteiger partial charge in [0.05, 0.1) is 22.9 Å². The maximum Gasteiger partial charge on any atom is 0.348 e. The average Bonchev–Trinajstić information content (AvgIpc) is 3.35. The van der Waals surface area contributed by atoms with E-state index < -0.39 is 5.97 Å². The average molecular weight is 396 g/mol. The maximum absolute atomic E-state index is 12.3. The quantitative estimate of drug-likeness (QED) is 0.478. The number of nitriles is 1. The summed E-state index contributed by atoms with van der Waals surface area (Å²) in [5.74, 6) is -0.0909. The van der Waals surface area contributed by atoms with Crippen molar-refractivity contribution in [2.45, 2.75) is 6.92 Å². The Morgan fingerprint density at radius 1 is 1.21 bits per heavy atom. The highest BCUT2D eigenvalue weighted by Crippen LogP contribution is 2.27. The number of esters is 1. The molecule has 28 heavy (non-hydrogen) atoms. The molecule has 3 rings (SSSR count). The lowest BCUT2D eigenvalue weighted by Crippen LogP contribution is -2.12. The van der Waals surface area contributed by atoms with E-state index in [4.69, 9.17) is 19.2 Å². The molecule has 0 aliphatic rings. The van der Waals surface area contributed by atoms with Crippen molar-refractivity contribution < 1.29 is 23.5 Å². The van der Waals surface area contributed by atoms with E-state index in [0.29, 0.717) is 26.8 Å². The van der Waals surface area contributed by atoms with Crippen LogP contribution in [0.2, 0.25) is 0 Å². The van der Waals surface area contributed by atoms with Gasteiger partial charge in [0.25, 0.3) is 5.91 Å². The zero-order valence-corrected chi connectivity index (χ0v) is 15.7. The van der Waals surface area contributed by atoms with E-state index >= 15 is 0 Å². The Labute approximate surface area is 165 Å². The Kier molecular flexibility index (Phi) is 6.09. The number of hydrogen-bond acceptors (Lipinski definition) is 7. The van der Waals surface area contributed by atoms with Crippen LogP contribution >= 0.6 is 11.3 Å². The summed E-state index contributed by atoms with van der Waals surface area (Å²) in [7, 11) is 0. The molecule has 0 atom stereocenters. The Bertz CT molecular complexity index is 1000. The highest BCUT2D eigenvalue weighted by molar-refractivity contribution is 7.18. The van der Waals surface area contributed by atoms with E-state index in [1.165, 1.54) is 6.26 Å². The molecular formula is C20H16N2O5S. The normalized spacial score (nSPS) is 10.1. The van der Waals surface area contributed by atoms with Gasteiger partial charge in [0.15, 0.2) is 5.76 Å². The second-order valence-electron chi connectivity index (χ2n) is 5.67. The summed E-state index contributed by atoms with van der Waals surface area (Å²) < 4.78 is 15.7. The summed E-state index contributed by atoms with van der Waals surface area (Å²) in [5.41, 5.74) is 1.25. The number of rotatable bonds is 7. The second kappa shape index (κ2) is 8.88. The first-order chi connectivity index (χ1) is 13.6. The number of furan rings is 1. The van der Waals surface area contributed by atoms with Crippen molar-refractivity contribution in [1.29, 1.82) is 5.26 Å². The smallest absolute Gasteiger partial charge is 0.348 e. The van der Waals surface area contributed by atoms with Crippen molar-refractivity contribution in [2.75, 3.05) is 18.5 Å². The van der Waals surface area contributed by atoms with Gasteiger partial charge >= 0.3 is 5.97 Å². The van der Waals surface area contributed by atoms with Crippen LogP contribution < -0.4 is 10.1 Å². The lowest BCUT2D eigenvalue weighted by molar-refractivity contribution is 0.0455. The van der Waals surface area contributed by atoms with Crippen molar-refractivity contribution in [3.8, 4) is 11.8 Å². The SMILES string of the molecule is Cc1cc(NC(=O)c2ccco2)sc1C(=O)OCCOc1ccc(C#N)cc1. The van der Waals surface area contributed by atoms with Crippen LogP contribution in [-0.4, -0.2) is 25.1 Å². The van der Waals surface area contributed by atoms with Crippen molar-refractivity contribution in [3.05, 3.63) is 70.5 Å². The van der Waals surface area contributed by atoms with Crippen LogP contribution in [0.1, 0.15) is 31.4 Å². The number of ether oxygens (including phenoxy) is 2. The molecule has 0 aliphatic carbocycles. The molecule has 3 aromatic rings. The Morgan fingerprint density at radius 2 is 2.00 bits per heavy atom. The summed E-state index contributed by atoms with van der Waals surface area (Å²) >= 11 is 1.13. The molecule has 0 unspecified atom stereocenters. The van der Waals surface area contributed by atoms with Crippen LogP contribution in [0, 0.1) is 18.3 Å². The van der Waals surface area contributed by atoms with Gasteiger partial charge in [0.2, 0.25) is 0 Å². The molecule has 0 spiro atoms. The van der Waals surface area contributed by atoms with E-state index in [0.717, 1.165) is 11.3 Å². The first-order valence-electron chi connectivity index (χ1n) is 8.32. The predicted octanol–water partition coefficient (Wildman–Crippen LogP) is 4.01. The van der Waals surface area contributed by atoms with Gasteiger partial charge in [-0.3, -0.25) is 4.79 Å². The number of carbonyl (C=O) groups excluding carboxylic acids is 2. The van der Waals surface area contributed by atoms with Gasteiger partial charge in [0, 0.05) is 0 Å². The minimum absolute atomic E-state index is 0.0737. The summed E-state index contributed by atoms with van der Waals surface area (Å²) in [6, 6.07) is 13.6. The van der Waals surface area contributed by atoms with E-state index in [1.807, 2.05) is 6.07 Å². The fraction of sp³-hybridized carbons (Fsp3) is 0.150. The molecule has 7 nitrogen and oxygen atoms in total. The predicted molar refractivity (Wildman–Crippen MR) is 103 cm³/mol. The van der Waals surface area contributed by atoms with Crippen molar-refractivity contribution in [3.63, 3.8) is 0 Å². The van der Waals surface area contributed by atoms with Gasteiger partial charge < -0.3 is 19.2 Å². The number of amides is 1. The minimum atomic E-state index is -0.482. The molecule has 0 bridgehead atoms. The largest absolute Gasteiger partial charge is 0.490 e. The van der Waals surface area contributed by atoms with E-state index in [-0.39, 0.29) is 24.9 Å². The Morgan fingerprint density at radius 3 is 2.68 bits per heavy atom. The highest BCUT2D eigenvalue weighted by atomic mass is 32.1. The third kappa shape index (κ3) is 4.78. The lowest BCUT2D eigenvalue weighted by atomic mass is 10.2. The van der Waals surface area contributed by atoms with Crippen molar-refractivity contribution >= 4 is 28.2 Å². The zero-order chi connectivity index (χ0) is 19.9. The molecule has 1 N–H and O–H groups in total. The highest BCUT2D eigenvalue weighted by Gasteiger charge is 2.17. The summed E-state index contributed by atoms with van der Waals surface area (Å²) in [6.07, 6.45) is 1.41. The molecule has 0 saturated heterocycles. The van der Waals surface area contributed by atoms with Gasteiger partial charge in [-0.05, 0) is 55.0 Å². The third-order valence-corrected chi connectivity index (χ3v) is 4.79. The number of nitrogens with zero attached hydrogens (tertiary/aromatic N) is 1. The monoisotopic (exact) mass is 396 g/mol. The minimum Gasteiger partial charge on any atom is -0.490 e. The number of carbonyl (C=O) groups is 2. The summed E-state index contributed by atoms with van der Waals surface area (Å²) in [4.78, 5) is 24.7. The summed E-state index contributed by atoms with van der Waals surface area (Å²) in [6.45, 7) is 2.03. The number of nitrogens with one attached hydrogen (secondary N) is 1. The molecule has 2 aromatic heterocycles. The molecule has 0 fully saturated rings. The first kappa shape index (κ1) is 19.2. The number of hydrogen-bond donors (Lipinski definition) is 1. The van der Waals surface area contributed by atoms with Gasteiger partial charge in [-0.25, -0.2) is 4.79 Å². The molecule has 1 aromatic carbocycles. The molecule has 142 valence electrons. The fourth-order valence-corrected chi connectivity index (χ4v) is 3.27. The molecule has 1 amide bonds. The van der Waals surface area contributed by atoms with Crippen molar-refractivity contribution in [2.24, 2.45) is 0 Å².